The summed E-state index contributed by atoms with van der Waals surface area (Å²) < 4.78 is 1.57. The van der Waals surface area contributed by atoms with Gasteiger partial charge in [-0.2, -0.15) is 5.10 Å². The maximum atomic E-state index is 12.4. The average molecular weight is 296 g/mol. The Morgan fingerprint density at radius 2 is 2.10 bits per heavy atom. The van der Waals surface area contributed by atoms with Gasteiger partial charge in [-0.25, -0.2) is 4.68 Å². The van der Waals surface area contributed by atoms with Crippen LogP contribution < -0.4 is 10.9 Å². The third kappa shape index (κ3) is 3.35. The highest BCUT2D eigenvalue weighted by Gasteiger charge is 2.21. The summed E-state index contributed by atoms with van der Waals surface area (Å²) in [6.45, 7) is 1.55. The average Bonchev–Trinajstić information content (AvgIpc) is 3.19. The SMILES string of the molecule is O=c1c(NCCCC2CC2)c(Cl)cnn1CC1CCC1. The molecular formula is C15H22ClN3O. The number of nitrogens with one attached hydrogen (secondary N) is 1. The summed E-state index contributed by atoms with van der Waals surface area (Å²) in [7, 11) is 0. The lowest BCUT2D eigenvalue weighted by Crippen LogP contribution is -2.31. The van der Waals surface area contributed by atoms with Gasteiger partial charge in [0.1, 0.15) is 5.69 Å². The van der Waals surface area contributed by atoms with E-state index >= 15 is 0 Å². The molecule has 0 atom stereocenters. The van der Waals surface area contributed by atoms with Crippen LogP contribution in [0.5, 0.6) is 0 Å². The molecule has 4 nitrogen and oxygen atoms in total. The first kappa shape index (κ1) is 13.9. The van der Waals surface area contributed by atoms with E-state index in [1.165, 1.54) is 38.5 Å². The van der Waals surface area contributed by atoms with Crippen LogP contribution in [0.1, 0.15) is 44.9 Å². The van der Waals surface area contributed by atoms with E-state index in [4.69, 9.17) is 11.6 Å². The molecule has 20 heavy (non-hydrogen) atoms. The lowest BCUT2D eigenvalue weighted by molar-refractivity contribution is 0.262. The first-order chi connectivity index (χ1) is 9.74. The summed E-state index contributed by atoms with van der Waals surface area (Å²) in [4.78, 5) is 12.4. The molecule has 0 bridgehead atoms. The number of halogens is 1. The molecule has 5 heteroatoms. The zero-order valence-electron chi connectivity index (χ0n) is 11.8. The van der Waals surface area contributed by atoms with Crippen LogP contribution in [-0.4, -0.2) is 16.3 Å². The fourth-order valence-corrected chi connectivity index (χ4v) is 2.88. The van der Waals surface area contributed by atoms with Crippen molar-refractivity contribution in [2.45, 2.75) is 51.5 Å². The summed E-state index contributed by atoms with van der Waals surface area (Å²) in [6, 6.07) is 0. The van der Waals surface area contributed by atoms with E-state index in [1.807, 2.05) is 0 Å². The van der Waals surface area contributed by atoms with Crippen LogP contribution in [0.15, 0.2) is 11.0 Å². The summed E-state index contributed by atoms with van der Waals surface area (Å²) >= 11 is 6.10. The van der Waals surface area contributed by atoms with E-state index in [0.29, 0.717) is 16.6 Å². The zero-order valence-corrected chi connectivity index (χ0v) is 12.5. The molecule has 0 unspecified atom stereocenters. The highest BCUT2D eigenvalue weighted by Crippen LogP contribution is 2.33. The smallest absolute Gasteiger partial charge is 0.291 e. The van der Waals surface area contributed by atoms with Crippen LogP contribution in [0.2, 0.25) is 5.02 Å². The Morgan fingerprint density at radius 1 is 1.30 bits per heavy atom. The van der Waals surface area contributed by atoms with Crippen LogP contribution in [0, 0.1) is 11.8 Å². The first-order valence-corrected chi connectivity index (χ1v) is 8.11. The predicted octanol–water partition coefficient (Wildman–Crippen LogP) is 3.30. The third-order valence-corrected chi connectivity index (χ3v) is 4.73. The maximum absolute atomic E-state index is 12.4. The molecule has 1 N–H and O–H groups in total. The first-order valence-electron chi connectivity index (χ1n) is 7.73. The van der Waals surface area contributed by atoms with Crippen molar-refractivity contribution >= 4 is 17.3 Å². The Labute approximate surface area is 124 Å². The van der Waals surface area contributed by atoms with Crippen LogP contribution >= 0.6 is 11.6 Å². The van der Waals surface area contributed by atoms with E-state index in [2.05, 4.69) is 10.4 Å². The zero-order chi connectivity index (χ0) is 13.9. The fourth-order valence-electron chi connectivity index (χ4n) is 2.69. The molecule has 1 heterocycles. The van der Waals surface area contributed by atoms with E-state index in [0.717, 1.165) is 25.4 Å². The third-order valence-electron chi connectivity index (χ3n) is 4.44. The van der Waals surface area contributed by atoms with E-state index in [9.17, 15) is 4.79 Å². The van der Waals surface area contributed by atoms with Crippen molar-refractivity contribution in [2.75, 3.05) is 11.9 Å². The molecule has 3 rings (SSSR count). The van der Waals surface area contributed by atoms with Crippen molar-refractivity contribution in [2.24, 2.45) is 11.8 Å². The van der Waals surface area contributed by atoms with Gasteiger partial charge in [0.15, 0.2) is 0 Å². The maximum Gasteiger partial charge on any atom is 0.291 e. The number of nitrogens with zero attached hydrogens (tertiary/aromatic N) is 2. The lowest BCUT2D eigenvalue weighted by Gasteiger charge is -2.25. The topological polar surface area (TPSA) is 46.9 Å². The van der Waals surface area contributed by atoms with Crippen LogP contribution in [0.3, 0.4) is 0 Å². The molecule has 1 aromatic heterocycles. The summed E-state index contributed by atoms with van der Waals surface area (Å²) in [5.41, 5.74) is 0.451. The normalized spacial score (nSPS) is 18.9. The number of anilines is 1. The molecule has 0 amide bonds. The van der Waals surface area contributed by atoms with Crippen molar-refractivity contribution in [3.63, 3.8) is 0 Å². The van der Waals surface area contributed by atoms with Crippen molar-refractivity contribution in [1.29, 1.82) is 0 Å². The number of rotatable bonds is 7. The van der Waals surface area contributed by atoms with Gasteiger partial charge in [-0.05, 0) is 37.5 Å². The van der Waals surface area contributed by atoms with Crippen molar-refractivity contribution in [1.82, 2.24) is 9.78 Å². The molecule has 0 spiro atoms. The number of hydrogen-bond acceptors (Lipinski definition) is 3. The minimum atomic E-state index is -0.0733. The van der Waals surface area contributed by atoms with Gasteiger partial charge in [-0.1, -0.05) is 30.9 Å². The molecule has 2 fully saturated rings. The molecule has 2 saturated carbocycles. The van der Waals surface area contributed by atoms with Gasteiger partial charge < -0.3 is 5.32 Å². The Morgan fingerprint density at radius 3 is 2.75 bits per heavy atom. The molecule has 110 valence electrons. The van der Waals surface area contributed by atoms with Gasteiger partial charge in [0.2, 0.25) is 0 Å². The highest BCUT2D eigenvalue weighted by molar-refractivity contribution is 6.32. The molecule has 2 aliphatic carbocycles. The molecular weight excluding hydrogens is 274 g/mol. The molecule has 0 aromatic carbocycles. The molecule has 0 aliphatic heterocycles. The molecule has 0 radical (unpaired) electrons. The van der Waals surface area contributed by atoms with Gasteiger partial charge in [-0.3, -0.25) is 4.79 Å². The Kier molecular flexibility index (Phi) is 4.29. The molecule has 0 saturated heterocycles. The van der Waals surface area contributed by atoms with Gasteiger partial charge >= 0.3 is 0 Å². The van der Waals surface area contributed by atoms with Crippen molar-refractivity contribution in [3.05, 3.63) is 21.6 Å². The van der Waals surface area contributed by atoms with Gasteiger partial charge in [0.25, 0.3) is 5.56 Å². The largest absolute Gasteiger partial charge is 0.379 e. The second-order valence-corrected chi connectivity index (χ2v) is 6.57. The van der Waals surface area contributed by atoms with Crippen LogP contribution in [0.25, 0.3) is 0 Å². The van der Waals surface area contributed by atoms with Crippen LogP contribution in [0.4, 0.5) is 5.69 Å². The van der Waals surface area contributed by atoms with Gasteiger partial charge in [0.05, 0.1) is 11.2 Å². The quantitative estimate of drug-likeness (QED) is 0.785. The van der Waals surface area contributed by atoms with Crippen molar-refractivity contribution in [3.8, 4) is 0 Å². The summed E-state index contributed by atoms with van der Waals surface area (Å²) in [5, 5.41) is 7.80. The molecule has 2 aliphatic rings. The fraction of sp³-hybridized carbons (Fsp3) is 0.733. The standard InChI is InChI=1S/C15H22ClN3O/c16-13-9-18-19(10-12-3-1-4-12)15(20)14(13)17-8-2-5-11-6-7-11/h9,11-12,17H,1-8,10H2. The number of aromatic nitrogens is 2. The van der Waals surface area contributed by atoms with E-state index < -0.39 is 0 Å². The Hall–Kier alpha value is -1.03. The van der Waals surface area contributed by atoms with Gasteiger partial charge in [0, 0.05) is 13.1 Å². The minimum Gasteiger partial charge on any atom is -0.379 e. The minimum absolute atomic E-state index is 0.0733. The summed E-state index contributed by atoms with van der Waals surface area (Å²) in [6.07, 6.45) is 10.4. The van der Waals surface area contributed by atoms with E-state index in [-0.39, 0.29) is 5.56 Å². The Bertz CT molecular complexity index is 520. The Balaban J connectivity index is 1.61. The highest BCUT2D eigenvalue weighted by atomic mass is 35.5. The summed E-state index contributed by atoms with van der Waals surface area (Å²) in [5.74, 6) is 1.55. The predicted molar refractivity (Wildman–Crippen MR) is 81.3 cm³/mol. The van der Waals surface area contributed by atoms with Gasteiger partial charge in [-0.15, -0.1) is 0 Å². The number of hydrogen-bond donors (Lipinski definition) is 1. The second kappa shape index (κ2) is 6.17. The van der Waals surface area contributed by atoms with Crippen LogP contribution in [-0.2, 0) is 6.54 Å². The second-order valence-electron chi connectivity index (χ2n) is 6.16. The van der Waals surface area contributed by atoms with E-state index in [1.54, 1.807) is 10.9 Å². The van der Waals surface area contributed by atoms with Crippen molar-refractivity contribution < 1.29 is 0 Å². The monoisotopic (exact) mass is 295 g/mol. The molecule has 1 aromatic rings. The lowest BCUT2D eigenvalue weighted by atomic mass is 9.85.